The Morgan fingerprint density at radius 3 is 1.82 bits per heavy atom. The first-order valence-corrected chi connectivity index (χ1v) is 21.9. The molecular formula is C42H38N5PSi. The normalized spacial score (nSPS) is 17.1. The molecule has 0 radical (unpaired) electrons. The van der Waals surface area contributed by atoms with E-state index in [-0.39, 0.29) is 11.4 Å². The topological polar surface area (TPSA) is 68.7 Å². The van der Waals surface area contributed by atoms with Crippen LogP contribution in [0.3, 0.4) is 0 Å². The molecule has 7 heteroatoms. The number of hydrogen-bond donors (Lipinski definition) is 0. The molecule has 0 aliphatic heterocycles. The van der Waals surface area contributed by atoms with Crippen LogP contribution >= 0.6 is 7.05 Å². The van der Waals surface area contributed by atoms with Crippen LogP contribution < -0.4 is 21.0 Å². The van der Waals surface area contributed by atoms with Crippen LogP contribution in [0.5, 0.6) is 0 Å². The van der Waals surface area contributed by atoms with Gasteiger partial charge in [0.2, 0.25) is 0 Å². The van der Waals surface area contributed by atoms with Crippen LogP contribution in [0.4, 0.5) is 5.69 Å². The molecule has 2 unspecified atom stereocenters. The summed E-state index contributed by atoms with van der Waals surface area (Å²) in [6, 6.07) is 38.8. The minimum atomic E-state index is -2.36. The van der Waals surface area contributed by atoms with Gasteiger partial charge < -0.3 is 0 Å². The van der Waals surface area contributed by atoms with Gasteiger partial charge in [0.05, 0.1) is 31.0 Å². The van der Waals surface area contributed by atoms with E-state index >= 15 is 0 Å². The molecule has 1 aliphatic rings. The van der Waals surface area contributed by atoms with Crippen molar-refractivity contribution in [3.05, 3.63) is 136 Å². The van der Waals surface area contributed by atoms with Gasteiger partial charge in [-0.15, -0.1) is 0 Å². The Balaban J connectivity index is 1.73. The lowest BCUT2D eigenvalue weighted by Gasteiger charge is -2.29. The highest BCUT2D eigenvalue weighted by Gasteiger charge is 2.33. The van der Waals surface area contributed by atoms with Gasteiger partial charge in [0.1, 0.15) is 0 Å². The maximum absolute atomic E-state index is 10.2. The van der Waals surface area contributed by atoms with Crippen LogP contribution in [0.2, 0.25) is 19.1 Å². The molecule has 6 rings (SSSR count). The highest BCUT2D eigenvalue weighted by Crippen LogP contribution is 2.54. The summed E-state index contributed by atoms with van der Waals surface area (Å²) in [5.41, 5.74) is 1.68. The molecule has 0 saturated heterocycles. The molecular weight excluding hydrogens is 634 g/mol. The molecule has 5 nitrogen and oxygen atoms in total. The molecule has 0 aromatic heterocycles. The zero-order valence-corrected chi connectivity index (χ0v) is 30.2. The van der Waals surface area contributed by atoms with Crippen LogP contribution in [-0.4, -0.2) is 15.0 Å². The van der Waals surface area contributed by atoms with E-state index in [9.17, 15) is 10.5 Å². The zero-order valence-electron chi connectivity index (χ0n) is 28.2. The smallest absolute Gasteiger partial charge is 0.258 e. The molecule has 0 spiro atoms. The van der Waals surface area contributed by atoms with Crippen molar-refractivity contribution in [3.63, 3.8) is 0 Å². The van der Waals surface area contributed by atoms with Crippen molar-refractivity contribution < 1.29 is 0 Å². The lowest BCUT2D eigenvalue weighted by atomic mass is 9.94. The average Bonchev–Trinajstić information content (AvgIpc) is 3.55. The molecule has 0 N–H and O–H groups in total. The van der Waals surface area contributed by atoms with Crippen LogP contribution in [0.25, 0.3) is 42.6 Å². The molecule has 0 amide bonds. The van der Waals surface area contributed by atoms with Crippen molar-refractivity contribution in [1.29, 1.82) is 10.5 Å². The summed E-state index contributed by atoms with van der Waals surface area (Å²) >= 11 is 0. The molecule has 49 heavy (non-hydrogen) atoms. The van der Waals surface area contributed by atoms with Crippen molar-refractivity contribution in [2.24, 2.45) is 16.6 Å². The highest BCUT2D eigenvalue weighted by molar-refractivity contribution is 7.81. The highest BCUT2D eigenvalue weighted by atomic mass is 31.2. The van der Waals surface area contributed by atoms with Crippen LogP contribution in [0.15, 0.2) is 102 Å². The van der Waals surface area contributed by atoms with Gasteiger partial charge in [-0.3, -0.25) is 4.74 Å². The largest absolute Gasteiger partial charge is 0.270 e. The number of nitrogens with zero attached hydrogens (tertiary/aromatic N) is 5. The van der Waals surface area contributed by atoms with Gasteiger partial charge in [0.15, 0.2) is 0 Å². The summed E-state index contributed by atoms with van der Waals surface area (Å²) in [6.45, 7) is 22.7. The fourth-order valence-corrected chi connectivity index (χ4v) is 13.6. The Bertz CT molecular complexity index is 2350. The third-order valence-electron chi connectivity index (χ3n) is 9.79. The quantitative estimate of drug-likeness (QED) is 0.0751. The zero-order chi connectivity index (χ0) is 34.5. The molecule has 5 aromatic rings. The van der Waals surface area contributed by atoms with Gasteiger partial charge in [0.25, 0.3) is 11.4 Å². The standard InChI is InChI=1S/C42H38N5PSi/c1-29-16-20-35-37(22-29)41(39(25-43)45-2)36-21-19-32(24-38(36)42(35)40(26-44)46-3)47-48(33-12-8-6-9-13-33,34-14-10-7-11-15-34)27-30-17-18-31(23-30)28-49(4)5/h6-16,19-22,24,30-31,49H,17-18,23,27-28H2,1,4-5H3/b41-39-,42-40+. The number of fused-ring (bicyclic) bond motifs is 2. The lowest BCUT2D eigenvalue weighted by molar-refractivity contribution is 0.556. The van der Waals surface area contributed by atoms with Crippen LogP contribution in [-0.2, 0) is 0 Å². The van der Waals surface area contributed by atoms with E-state index in [0.29, 0.717) is 37.9 Å². The Kier molecular flexibility index (Phi) is 9.95. The Morgan fingerprint density at radius 2 is 1.29 bits per heavy atom. The van der Waals surface area contributed by atoms with Gasteiger partial charge in [-0.05, 0) is 82.0 Å². The minimum Gasteiger partial charge on any atom is -0.258 e. The number of benzene rings is 5. The minimum absolute atomic E-state index is 0.0196. The second-order valence-corrected chi connectivity index (χ2v) is 20.0. The first-order valence-electron chi connectivity index (χ1n) is 16.8. The van der Waals surface area contributed by atoms with Gasteiger partial charge >= 0.3 is 0 Å². The fraction of sp³-hybridized carbons (Fsp3) is 0.238. The summed E-state index contributed by atoms with van der Waals surface area (Å²) in [5, 5.41) is 26.5. The maximum atomic E-state index is 10.2. The van der Waals surface area contributed by atoms with E-state index in [0.717, 1.165) is 23.3 Å². The third-order valence-corrected chi connectivity index (χ3v) is 15.3. The SMILES string of the molecule is [C-]#[N+]/C(C#N)=c1\c2cc(C)ccc2/c(=C(/C#N)[N+]#[C-])c2cc(N=P(CC3CCC(C[SiH](C)C)C3)(c3ccccc3)c3ccccc3)ccc12. The van der Waals surface area contributed by atoms with Crippen LogP contribution in [0.1, 0.15) is 24.8 Å². The monoisotopic (exact) mass is 671 g/mol. The number of rotatable bonds is 7. The van der Waals surface area contributed by atoms with E-state index < -0.39 is 15.9 Å². The molecule has 2 atom stereocenters. The molecule has 5 aromatic carbocycles. The number of aryl methyl sites for hydroxylation is 1. The average molecular weight is 672 g/mol. The van der Waals surface area contributed by atoms with E-state index in [1.807, 2.05) is 43.3 Å². The Labute approximate surface area is 290 Å². The maximum Gasteiger partial charge on any atom is 0.270 e. The Hall–Kier alpha value is -5.23. The summed E-state index contributed by atoms with van der Waals surface area (Å²) < 4.78 is 5.81. The summed E-state index contributed by atoms with van der Waals surface area (Å²) in [6.07, 6.45) is 4.73. The van der Waals surface area contributed by atoms with E-state index in [2.05, 4.69) is 95.6 Å². The van der Waals surface area contributed by atoms with Crippen molar-refractivity contribution in [2.45, 2.75) is 45.3 Å². The molecule has 1 aliphatic carbocycles. The first-order chi connectivity index (χ1) is 23.8. The first kappa shape index (κ1) is 33.7. The molecule has 1 fully saturated rings. The second kappa shape index (κ2) is 14.5. The second-order valence-electron chi connectivity index (χ2n) is 13.6. The Morgan fingerprint density at radius 1 is 0.755 bits per heavy atom. The van der Waals surface area contributed by atoms with E-state index in [1.54, 1.807) is 0 Å². The number of nitriles is 2. The molecule has 0 bridgehead atoms. The van der Waals surface area contributed by atoms with Gasteiger partial charge in [-0.2, -0.15) is 0 Å². The van der Waals surface area contributed by atoms with Gasteiger partial charge in [0, 0.05) is 26.3 Å². The van der Waals surface area contributed by atoms with Crippen molar-refractivity contribution >= 4 is 65.1 Å². The van der Waals surface area contributed by atoms with Gasteiger partial charge in [-0.25, -0.2) is 20.2 Å². The predicted molar refractivity (Wildman–Crippen MR) is 207 cm³/mol. The lowest BCUT2D eigenvalue weighted by Crippen LogP contribution is -2.22. The summed E-state index contributed by atoms with van der Waals surface area (Å²) in [5.74, 6) is 1.36. The third kappa shape index (κ3) is 6.60. The molecule has 0 heterocycles. The van der Waals surface area contributed by atoms with Crippen molar-refractivity contribution in [1.82, 2.24) is 0 Å². The van der Waals surface area contributed by atoms with Crippen molar-refractivity contribution in [2.75, 3.05) is 6.16 Å². The predicted octanol–water partition coefficient (Wildman–Crippen LogP) is 8.79. The summed E-state index contributed by atoms with van der Waals surface area (Å²) in [4.78, 5) is 7.28. The fourth-order valence-electron chi connectivity index (χ4n) is 7.84. The van der Waals surface area contributed by atoms with E-state index in [4.69, 9.17) is 17.9 Å². The molecule has 1 saturated carbocycles. The van der Waals surface area contributed by atoms with E-state index in [1.165, 1.54) is 35.9 Å². The van der Waals surface area contributed by atoms with Crippen LogP contribution in [0, 0.1) is 54.6 Å². The van der Waals surface area contributed by atoms with Crippen molar-refractivity contribution in [3.8, 4) is 12.1 Å². The summed E-state index contributed by atoms with van der Waals surface area (Å²) in [7, 11) is -3.02. The van der Waals surface area contributed by atoms with Gasteiger partial charge in [-0.1, -0.05) is 116 Å². The molecule has 240 valence electrons. The number of hydrogen-bond acceptors (Lipinski definition) is 3.